The highest BCUT2D eigenvalue weighted by Gasteiger charge is 2.06. The largest absolute Gasteiger partial charge is 0.305 e. The van der Waals surface area contributed by atoms with Crippen LogP contribution in [0.5, 0.6) is 0 Å². The van der Waals surface area contributed by atoms with Gasteiger partial charge in [-0.15, -0.1) is 0 Å². The first-order chi connectivity index (χ1) is 7.06. The highest BCUT2D eigenvalue weighted by atomic mass is 14.4. The number of hydrogen-bond donors (Lipinski definition) is 1. The molecule has 0 radical (unpaired) electrons. The number of allylic oxidation sites excluding steroid dienone is 1. The second-order valence-electron chi connectivity index (χ2n) is 4.04. The van der Waals surface area contributed by atoms with Gasteiger partial charge in [0, 0.05) is 5.71 Å². The van der Waals surface area contributed by atoms with Gasteiger partial charge < -0.3 is 5.41 Å². The van der Waals surface area contributed by atoms with Gasteiger partial charge in [-0.1, -0.05) is 44.7 Å². The van der Waals surface area contributed by atoms with E-state index in [2.05, 4.69) is 32.6 Å². The lowest BCUT2D eigenvalue weighted by atomic mass is 9.93. The Labute approximate surface area is 92.3 Å². The Morgan fingerprint density at radius 2 is 1.73 bits per heavy atom. The second kappa shape index (κ2) is 4.92. The zero-order chi connectivity index (χ0) is 11.4. The molecule has 1 heteroatoms. The van der Waals surface area contributed by atoms with Crippen molar-refractivity contribution in [2.24, 2.45) is 5.92 Å². The van der Waals surface area contributed by atoms with E-state index in [1.165, 1.54) is 11.1 Å². The van der Waals surface area contributed by atoms with Gasteiger partial charge >= 0.3 is 0 Å². The molecule has 0 fully saturated rings. The Morgan fingerprint density at radius 1 is 1.27 bits per heavy atom. The van der Waals surface area contributed by atoms with E-state index in [0.717, 1.165) is 12.0 Å². The van der Waals surface area contributed by atoms with Crippen LogP contribution in [0.2, 0.25) is 0 Å². The first kappa shape index (κ1) is 11.7. The lowest BCUT2D eigenvalue weighted by Gasteiger charge is -2.13. The standard InChI is InChI=1S/C14H19N/c1-5-10(2)11(3)13-6-8-14(9-7-13)12(4)15/h6-10,15H,3,5H2,1-2,4H3. The summed E-state index contributed by atoms with van der Waals surface area (Å²) in [5.74, 6) is 0.525. The van der Waals surface area contributed by atoms with Gasteiger partial charge in [-0.2, -0.15) is 0 Å². The van der Waals surface area contributed by atoms with Gasteiger partial charge in [0.1, 0.15) is 0 Å². The van der Waals surface area contributed by atoms with Crippen LogP contribution in [0, 0.1) is 11.3 Å². The summed E-state index contributed by atoms with van der Waals surface area (Å²) in [6, 6.07) is 8.10. The summed E-state index contributed by atoms with van der Waals surface area (Å²) < 4.78 is 0. The molecule has 0 aliphatic heterocycles. The minimum Gasteiger partial charge on any atom is -0.305 e. The lowest BCUT2D eigenvalue weighted by Crippen LogP contribution is -1.97. The van der Waals surface area contributed by atoms with E-state index in [9.17, 15) is 0 Å². The highest BCUT2D eigenvalue weighted by molar-refractivity contribution is 5.96. The molecule has 0 aromatic heterocycles. The maximum atomic E-state index is 7.51. The van der Waals surface area contributed by atoms with Crippen molar-refractivity contribution in [3.05, 3.63) is 42.0 Å². The zero-order valence-electron chi connectivity index (χ0n) is 9.80. The van der Waals surface area contributed by atoms with Crippen LogP contribution in [0.15, 0.2) is 30.8 Å². The van der Waals surface area contributed by atoms with Crippen LogP contribution in [-0.4, -0.2) is 5.71 Å². The average molecular weight is 201 g/mol. The molecule has 0 saturated heterocycles. The second-order valence-corrected chi connectivity index (χ2v) is 4.04. The lowest BCUT2D eigenvalue weighted by molar-refractivity contribution is 0.719. The van der Waals surface area contributed by atoms with Crippen LogP contribution in [-0.2, 0) is 0 Å². The van der Waals surface area contributed by atoms with Crippen molar-refractivity contribution >= 4 is 11.3 Å². The molecule has 80 valence electrons. The van der Waals surface area contributed by atoms with Gasteiger partial charge in [-0.3, -0.25) is 0 Å². The Bertz CT molecular complexity index is 359. The topological polar surface area (TPSA) is 23.9 Å². The van der Waals surface area contributed by atoms with Crippen molar-refractivity contribution in [1.29, 1.82) is 5.41 Å². The molecule has 0 spiro atoms. The average Bonchev–Trinajstić information content (AvgIpc) is 2.27. The number of benzene rings is 1. The van der Waals surface area contributed by atoms with Crippen molar-refractivity contribution < 1.29 is 0 Å². The van der Waals surface area contributed by atoms with Crippen LogP contribution in [0.1, 0.15) is 38.3 Å². The predicted octanol–water partition coefficient (Wildman–Crippen LogP) is 4.13. The Balaban J connectivity index is 2.89. The van der Waals surface area contributed by atoms with Crippen LogP contribution in [0.25, 0.3) is 5.57 Å². The van der Waals surface area contributed by atoms with Gasteiger partial charge in [0.15, 0.2) is 0 Å². The fourth-order valence-electron chi connectivity index (χ4n) is 1.47. The van der Waals surface area contributed by atoms with Crippen molar-refractivity contribution in [2.45, 2.75) is 27.2 Å². The van der Waals surface area contributed by atoms with E-state index in [-0.39, 0.29) is 0 Å². The molecular weight excluding hydrogens is 182 g/mol. The van der Waals surface area contributed by atoms with Crippen LogP contribution in [0.4, 0.5) is 0 Å². The SMILES string of the molecule is C=C(c1ccc(C(C)=N)cc1)C(C)CC. The molecule has 0 heterocycles. The molecule has 15 heavy (non-hydrogen) atoms. The van der Waals surface area contributed by atoms with Crippen molar-refractivity contribution in [3.8, 4) is 0 Å². The number of hydrogen-bond acceptors (Lipinski definition) is 1. The van der Waals surface area contributed by atoms with E-state index in [0.29, 0.717) is 11.6 Å². The van der Waals surface area contributed by atoms with Crippen molar-refractivity contribution in [3.63, 3.8) is 0 Å². The van der Waals surface area contributed by atoms with Gasteiger partial charge in [-0.25, -0.2) is 0 Å². The first-order valence-electron chi connectivity index (χ1n) is 5.41. The molecule has 1 atom stereocenters. The fraction of sp³-hybridized carbons (Fsp3) is 0.357. The summed E-state index contributed by atoms with van der Waals surface area (Å²) in [4.78, 5) is 0. The molecule has 1 N–H and O–H groups in total. The molecule has 1 aromatic carbocycles. The van der Waals surface area contributed by atoms with E-state index in [4.69, 9.17) is 5.41 Å². The first-order valence-corrected chi connectivity index (χ1v) is 5.41. The van der Waals surface area contributed by atoms with E-state index in [1.54, 1.807) is 6.92 Å². The molecule has 1 unspecified atom stereocenters. The zero-order valence-corrected chi connectivity index (χ0v) is 9.80. The maximum absolute atomic E-state index is 7.51. The van der Waals surface area contributed by atoms with E-state index in [1.807, 2.05) is 12.1 Å². The van der Waals surface area contributed by atoms with Gasteiger partial charge in [0.05, 0.1) is 0 Å². The summed E-state index contributed by atoms with van der Waals surface area (Å²) in [7, 11) is 0. The summed E-state index contributed by atoms with van der Waals surface area (Å²) in [6.07, 6.45) is 1.12. The number of rotatable bonds is 4. The van der Waals surface area contributed by atoms with Crippen molar-refractivity contribution in [1.82, 2.24) is 0 Å². The van der Waals surface area contributed by atoms with E-state index >= 15 is 0 Å². The molecule has 1 rings (SSSR count). The minimum absolute atomic E-state index is 0.525. The third-order valence-electron chi connectivity index (χ3n) is 2.90. The van der Waals surface area contributed by atoms with Gasteiger partial charge in [-0.05, 0) is 36.0 Å². The predicted molar refractivity (Wildman–Crippen MR) is 67.4 cm³/mol. The summed E-state index contributed by atoms with van der Waals surface area (Å²) >= 11 is 0. The molecule has 0 aliphatic rings. The normalized spacial score (nSPS) is 12.2. The summed E-state index contributed by atoms with van der Waals surface area (Å²) in [6.45, 7) is 10.3. The van der Waals surface area contributed by atoms with Gasteiger partial charge in [0.25, 0.3) is 0 Å². The molecule has 0 saturated carbocycles. The molecular formula is C14H19N. The third kappa shape index (κ3) is 2.79. The van der Waals surface area contributed by atoms with E-state index < -0.39 is 0 Å². The molecule has 0 aliphatic carbocycles. The summed E-state index contributed by atoms with van der Waals surface area (Å²) in [5.41, 5.74) is 3.97. The quantitative estimate of drug-likeness (QED) is 0.708. The smallest absolute Gasteiger partial charge is 0.0355 e. The highest BCUT2D eigenvalue weighted by Crippen LogP contribution is 2.23. The van der Waals surface area contributed by atoms with Gasteiger partial charge in [0.2, 0.25) is 0 Å². The molecule has 1 aromatic rings. The minimum atomic E-state index is 0.525. The van der Waals surface area contributed by atoms with Crippen LogP contribution in [0.3, 0.4) is 0 Å². The summed E-state index contributed by atoms with van der Waals surface area (Å²) in [5, 5.41) is 7.51. The maximum Gasteiger partial charge on any atom is 0.0355 e. The molecule has 0 amide bonds. The fourth-order valence-corrected chi connectivity index (χ4v) is 1.47. The number of nitrogens with one attached hydrogen (secondary N) is 1. The van der Waals surface area contributed by atoms with Crippen LogP contribution < -0.4 is 0 Å². The Hall–Kier alpha value is -1.37. The van der Waals surface area contributed by atoms with Crippen LogP contribution >= 0.6 is 0 Å². The van der Waals surface area contributed by atoms with Crippen molar-refractivity contribution in [2.75, 3.05) is 0 Å². The molecule has 1 nitrogen and oxygen atoms in total. The Morgan fingerprint density at radius 3 is 2.13 bits per heavy atom. The molecule has 0 bridgehead atoms. The monoisotopic (exact) mass is 201 g/mol. The third-order valence-corrected chi connectivity index (χ3v) is 2.90. The Kier molecular flexibility index (Phi) is 3.84.